The maximum Gasteiger partial charge on any atom is 0.179 e. The number of halogens is 1. The van der Waals surface area contributed by atoms with Crippen molar-refractivity contribution in [2.45, 2.75) is 25.8 Å². The first-order chi connectivity index (χ1) is 9.99. The lowest BCUT2D eigenvalue weighted by molar-refractivity contribution is 0.354. The molecule has 4 nitrogen and oxygen atoms in total. The van der Waals surface area contributed by atoms with E-state index >= 15 is 0 Å². The smallest absolute Gasteiger partial charge is 0.179 e. The Hall–Kier alpha value is -1.30. The lowest BCUT2D eigenvalue weighted by Crippen LogP contribution is -2.13. The summed E-state index contributed by atoms with van der Waals surface area (Å²) in [6.07, 6.45) is 0. The average Bonchev–Trinajstić information content (AvgIpc) is 2.96. The minimum absolute atomic E-state index is 0.378. The molecule has 1 unspecified atom stereocenters. The summed E-state index contributed by atoms with van der Waals surface area (Å²) in [4.78, 5) is 4.59. The van der Waals surface area contributed by atoms with Crippen molar-refractivity contribution in [3.8, 4) is 11.5 Å². The fourth-order valence-electron chi connectivity index (χ4n) is 1.99. The number of methoxy groups -OCH3 is 2. The van der Waals surface area contributed by atoms with Crippen LogP contribution in [0.1, 0.15) is 42.1 Å². The van der Waals surface area contributed by atoms with Gasteiger partial charge in [-0.3, -0.25) is 0 Å². The van der Waals surface area contributed by atoms with Gasteiger partial charge in [-0.2, -0.15) is 0 Å². The number of aromatic nitrogens is 1. The highest BCUT2D eigenvalue weighted by atomic mass is 35.5. The first-order valence-corrected chi connectivity index (χ1v) is 7.86. The summed E-state index contributed by atoms with van der Waals surface area (Å²) in [6, 6.07) is 3.27. The molecular formula is C15H19ClN2O2S. The van der Waals surface area contributed by atoms with Crippen molar-refractivity contribution in [3.63, 3.8) is 0 Å². The lowest BCUT2D eigenvalue weighted by atomic mass is 10.1. The van der Waals surface area contributed by atoms with E-state index in [0.717, 1.165) is 16.3 Å². The van der Waals surface area contributed by atoms with Crippen molar-refractivity contribution in [2.24, 2.45) is 5.73 Å². The van der Waals surface area contributed by atoms with Crippen molar-refractivity contribution < 1.29 is 9.47 Å². The normalized spacial score (nSPS) is 12.5. The molecule has 2 aromatic rings. The van der Waals surface area contributed by atoms with Crippen LogP contribution in [-0.2, 0) is 0 Å². The van der Waals surface area contributed by atoms with Crippen LogP contribution in [0.15, 0.2) is 17.5 Å². The van der Waals surface area contributed by atoms with Crippen LogP contribution in [0.5, 0.6) is 11.5 Å². The van der Waals surface area contributed by atoms with Gasteiger partial charge in [-0.05, 0) is 17.5 Å². The number of hydrogen-bond acceptors (Lipinski definition) is 5. The van der Waals surface area contributed by atoms with Crippen LogP contribution in [0.25, 0.3) is 0 Å². The quantitative estimate of drug-likeness (QED) is 0.902. The van der Waals surface area contributed by atoms with E-state index in [1.807, 2.05) is 11.4 Å². The van der Waals surface area contributed by atoms with E-state index < -0.39 is 0 Å². The summed E-state index contributed by atoms with van der Waals surface area (Å²) < 4.78 is 10.5. The third-order valence-electron chi connectivity index (χ3n) is 3.25. The van der Waals surface area contributed by atoms with Crippen LogP contribution in [0.4, 0.5) is 0 Å². The van der Waals surface area contributed by atoms with Crippen LogP contribution < -0.4 is 15.2 Å². The molecule has 6 heteroatoms. The molecule has 1 aromatic heterocycles. The fraction of sp³-hybridized carbons (Fsp3) is 0.400. The molecule has 0 aliphatic carbocycles. The van der Waals surface area contributed by atoms with Crippen LogP contribution in [0.2, 0.25) is 5.02 Å². The van der Waals surface area contributed by atoms with Gasteiger partial charge in [-0.25, -0.2) is 4.98 Å². The summed E-state index contributed by atoms with van der Waals surface area (Å²) in [5.74, 6) is 1.45. The maximum atomic E-state index is 6.40. The highest BCUT2D eigenvalue weighted by Crippen LogP contribution is 2.40. The predicted molar refractivity (Wildman–Crippen MR) is 86.8 cm³/mol. The molecule has 1 heterocycles. The molecule has 0 aliphatic rings. The molecule has 1 aromatic carbocycles. The van der Waals surface area contributed by atoms with Crippen LogP contribution in [0.3, 0.4) is 0 Å². The SMILES string of the molecule is COc1ccc(C(N)c2nc(C(C)C)cs2)c(Cl)c1OC. The second-order valence-electron chi connectivity index (χ2n) is 4.95. The monoisotopic (exact) mass is 326 g/mol. The molecule has 2 N–H and O–H groups in total. The molecular weight excluding hydrogens is 308 g/mol. The average molecular weight is 327 g/mol. The van der Waals surface area contributed by atoms with Gasteiger partial charge in [0.1, 0.15) is 5.01 Å². The number of ether oxygens (including phenoxy) is 2. The van der Waals surface area contributed by atoms with E-state index in [1.54, 1.807) is 31.6 Å². The molecule has 0 bridgehead atoms. The Balaban J connectivity index is 2.40. The molecule has 0 saturated heterocycles. The number of rotatable bonds is 5. The van der Waals surface area contributed by atoms with Gasteiger partial charge in [0.2, 0.25) is 0 Å². The van der Waals surface area contributed by atoms with Gasteiger partial charge in [0.15, 0.2) is 11.5 Å². The van der Waals surface area contributed by atoms with E-state index in [-0.39, 0.29) is 6.04 Å². The standard InChI is InChI=1S/C15H19ClN2O2S/c1-8(2)10-7-21-15(18-10)13(17)9-5-6-11(19-3)14(20-4)12(9)16/h5-8,13H,17H2,1-4H3. The Labute approximate surface area is 133 Å². The minimum atomic E-state index is -0.380. The first-order valence-electron chi connectivity index (χ1n) is 6.60. The largest absolute Gasteiger partial charge is 0.493 e. The van der Waals surface area contributed by atoms with E-state index in [2.05, 4.69) is 18.8 Å². The van der Waals surface area contributed by atoms with Gasteiger partial charge < -0.3 is 15.2 Å². The minimum Gasteiger partial charge on any atom is -0.493 e. The number of nitrogens with two attached hydrogens (primary N) is 1. The molecule has 1 atom stereocenters. The van der Waals surface area contributed by atoms with Gasteiger partial charge in [-0.1, -0.05) is 31.5 Å². The van der Waals surface area contributed by atoms with Crippen molar-refractivity contribution in [1.82, 2.24) is 4.98 Å². The van der Waals surface area contributed by atoms with Crippen LogP contribution >= 0.6 is 22.9 Å². The third kappa shape index (κ3) is 3.15. The summed E-state index contributed by atoms with van der Waals surface area (Å²) in [6.45, 7) is 4.21. The number of thiazole rings is 1. The molecule has 0 amide bonds. The van der Waals surface area contributed by atoms with Gasteiger partial charge >= 0.3 is 0 Å². The van der Waals surface area contributed by atoms with Crippen molar-refractivity contribution in [2.75, 3.05) is 14.2 Å². The zero-order valence-electron chi connectivity index (χ0n) is 12.5. The fourth-order valence-corrected chi connectivity index (χ4v) is 3.34. The highest BCUT2D eigenvalue weighted by molar-refractivity contribution is 7.09. The predicted octanol–water partition coefficient (Wildman–Crippen LogP) is 3.99. The van der Waals surface area contributed by atoms with E-state index in [1.165, 1.54) is 0 Å². The van der Waals surface area contributed by atoms with Crippen molar-refractivity contribution >= 4 is 22.9 Å². The number of benzene rings is 1. The van der Waals surface area contributed by atoms with Gasteiger partial charge in [0, 0.05) is 5.38 Å². The Morgan fingerprint density at radius 2 is 1.95 bits per heavy atom. The first kappa shape index (κ1) is 16.1. The van der Waals surface area contributed by atoms with E-state index in [4.69, 9.17) is 26.8 Å². The molecule has 114 valence electrons. The second kappa shape index (κ2) is 6.64. The molecule has 0 aliphatic heterocycles. The van der Waals surface area contributed by atoms with Crippen molar-refractivity contribution in [3.05, 3.63) is 38.8 Å². The highest BCUT2D eigenvalue weighted by Gasteiger charge is 2.21. The summed E-state index contributed by atoms with van der Waals surface area (Å²) in [5, 5.41) is 3.34. The van der Waals surface area contributed by atoms with Gasteiger partial charge in [-0.15, -0.1) is 11.3 Å². The number of nitrogens with zero attached hydrogens (tertiary/aromatic N) is 1. The summed E-state index contributed by atoms with van der Waals surface area (Å²) >= 11 is 7.94. The van der Waals surface area contributed by atoms with E-state index in [0.29, 0.717) is 22.4 Å². The Morgan fingerprint density at radius 1 is 1.24 bits per heavy atom. The molecule has 0 saturated carbocycles. The molecule has 0 fully saturated rings. The Morgan fingerprint density at radius 3 is 2.48 bits per heavy atom. The van der Waals surface area contributed by atoms with E-state index in [9.17, 15) is 0 Å². The lowest BCUT2D eigenvalue weighted by Gasteiger charge is -2.16. The maximum absolute atomic E-state index is 6.40. The molecule has 0 spiro atoms. The Bertz CT molecular complexity index is 628. The van der Waals surface area contributed by atoms with Crippen LogP contribution in [-0.4, -0.2) is 19.2 Å². The van der Waals surface area contributed by atoms with Gasteiger partial charge in [0.05, 0.1) is 31.0 Å². The zero-order valence-corrected chi connectivity index (χ0v) is 14.1. The number of hydrogen-bond donors (Lipinski definition) is 1. The van der Waals surface area contributed by atoms with Crippen molar-refractivity contribution in [1.29, 1.82) is 0 Å². The molecule has 2 rings (SSSR count). The summed E-state index contributed by atoms with van der Waals surface area (Å²) in [7, 11) is 3.13. The zero-order chi connectivity index (χ0) is 15.6. The second-order valence-corrected chi connectivity index (χ2v) is 6.21. The Kier molecular flexibility index (Phi) is 5.08. The molecule has 0 radical (unpaired) electrons. The van der Waals surface area contributed by atoms with Crippen LogP contribution in [0, 0.1) is 0 Å². The topological polar surface area (TPSA) is 57.4 Å². The third-order valence-corrected chi connectivity index (χ3v) is 4.58. The summed E-state index contributed by atoms with van der Waals surface area (Å²) in [5.41, 5.74) is 8.13. The molecule has 21 heavy (non-hydrogen) atoms. The van der Waals surface area contributed by atoms with Gasteiger partial charge in [0.25, 0.3) is 0 Å².